The lowest BCUT2D eigenvalue weighted by Crippen LogP contribution is -2.15. The summed E-state index contributed by atoms with van der Waals surface area (Å²) in [6, 6.07) is 23.0. The summed E-state index contributed by atoms with van der Waals surface area (Å²) in [5.41, 5.74) is 16.0. The van der Waals surface area contributed by atoms with Gasteiger partial charge < -0.3 is 4.98 Å². The number of aliphatic imine (C=N–C) groups is 1. The monoisotopic (exact) mass is 746 g/mol. The normalized spacial score (nSPS) is 16.7. The number of hydrogen-bond donors (Lipinski definition) is 1. The molecule has 0 spiro atoms. The van der Waals surface area contributed by atoms with Crippen LogP contribution in [0.15, 0.2) is 92.3 Å². The number of aromatic amines is 1. The molecule has 0 amide bonds. The molecule has 1 N–H and O–H groups in total. The van der Waals surface area contributed by atoms with E-state index in [0.717, 1.165) is 31.5 Å². The van der Waals surface area contributed by atoms with Crippen molar-refractivity contribution < 1.29 is 0 Å². The number of halogens is 2. The van der Waals surface area contributed by atoms with E-state index < -0.39 is 0 Å². The molecule has 1 unspecified atom stereocenters. The maximum absolute atomic E-state index is 5.23. The van der Waals surface area contributed by atoms with Crippen LogP contribution in [0.2, 0.25) is 0 Å². The van der Waals surface area contributed by atoms with Crippen LogP contribution in [-0.2, 0) is 16.2 Å². The third-order valence-corrected chi connectivity index (χ3v) is 11.2. The summed E-state index contributed by atoms with van der Waals surface area (Å²) in [6.07, 6.45) is 4.66. The van der Waals surface area contributed by atoms with E-state index in [1.54, 1.807) is 0 Å². The number of rotatable bonds is 2. The highest BCUT2D eigenvalue weighted by atomic mass is 79.9. The standard InChI is InChI=1S/C43H44Br2N2/c1-23-15-31(39-32(16-23)29-17-24(41(2,3)4)11-13-37(29)46-39)27-21-36(45)28(22-35(27)44)33-19-26(43(8,9)10)20-34-30-18-25(42(5,6)7)12-14-38(30)47-40(33)34/h11-22,32,47H,1-10H3. The predicted octanol–water partition coefficient (Wildman–Crippen LogP) is 13.6. The summed E-state index contributed by atoms with van der Waals surface area (Å²) in [4.78, 5) is 9.05. The number of allylic oxidation sites excluding steroid dienone is 4. The maximum Gasteiger partial charge on any atom is 0.0675 e. The average molecular weight is 749 g/mol. The zero-order valence-corrected chi connectivity index (χ0v) is 32.4. The molecule has 0 fully saturated rings. The average Bonchev–Trinajstić information content (AvgIpc) is 3.53. The van der Waals surface area contributed by atoms with Gasteiger partial charge in [-0.3, -0.25) is 4.99 Å². The van der Waals surface area contributed by atoms with E-state index in [9.17, 15) is 0 Å². The van der Waals surface area contributed by atoms with Crippen LogP contribution >= 0.6 is 31.9 Å². The first-order valence-electron chi connectivity index (χ1n) is 16.6. The summed E-state index contributed by atoms with van der Waals surface area (Å²) in [6.45, 7) is 22.8. The van der Waals surface area contributed by atoms with Crippen molar-refractivity contribution in [2.75, 3.05) is 0 Å². The van der Waals surface area contributed by atoms with Crippen LogP contribution in [0.4, 0.5) is 5.69 Å². The van der Waals surface area contributed by atoms with Gasteiger partial charge in [0.2, 0.25) is 0 Å². The fraction of sp³-hybridized carbons (Fsp3) is 0.326. The SMILES string of the molecule is CC1=CC2C(=Nc3ccc(C(C)(C)C)cc32)C(c2cc(Br)c(-c3cc(C(C)(C)C)cc4c3[nH]c3ccc(C(C)(C)C)cc34)cc2Br)=C1. The fourth-order valence-electron chi connectivity index (χ4n) is 7.01. The lowest BCUT2D eigenvalue weighted by atomic mass is 9.80. The van der Waals surface area contributed by atoms with Gasteiger partial charge in [-0.25, -0.2) is 0 Å². The molecule has 1 aromatic heterocycles. The first-order chi connectivity index (χ1) is 21.9. The quantitative estimate of drug-likeness (QED) is 0.186. The summed E-state index contributed by atoms with van der Waals surface area (Å²) in [5, 5.41) is 2.55. The van der Waals surface area contributed by atoms with Crippen LogP contribution < -0.4 is 0 Å². The maximum atomic E-state index is 5.23. The number of hydrogen-bond acceptors (Lipinski definition) is 1. The molecule has 2 aliphatic rings. The van der Waals surface area contributed by atoms with Crippen molar-refractivity contribution >= 4 is 70.6 Å². The summed E-state index contributed by atoms with van der Waals surface area (Å²) in [5.74, 6) is 0.157. The smallest absolute Gasteiger partial charge is 0.0675 e. The van der Waals surface area contributed by atoms with Crippen molar-refractivity contribution in [3.63, 3.8) is 0 Å². The minimum Gasteiger partial charge on any atom is -0.354 e. The molecular weight excluding hydrogens is 704 g/mol. The molecule has 0 saturated carbocycles. The molecule has 1 aliphatic heterocycles. The van der Waals surface area contributed by atoms with Gasteiger partial charge in [0.1, 0.15) is 0 Å². The lowest BCUT2D eigenvalue weighted by Gasteiger charge is -2.24. The van der Waals surface area contributed by atoms with Gasteiger partial charge in [0, 0.05) is 42.3 Å². The zero-order valence-electron chi connectivity index (χ0n) is 29.2. The molecule has 1 atom stereocenters. The van der Waals surface area contributed by atoms with Crippen LogP contribution in [0.1, 0.15) is 103 Å². The summed E-state index contributed by atoms with van der Waals surface area (Å²) >= 11 is 8.10. The summed E-state index contributed by atoms with van der Waals surface area (Å²) < 4.78 is 2.12. The minimum atomic E-state index is -0.00786. The Balaban J connectivity index is 1.38. The van der Waals surface area contributed by atoms with E-state index in [4.69, 9.17) is 4.99 Å². The molecule has 0 saturated heterocycles. The Kier molecular flexibility index (Phi) is 7.50. The van der Waals surface area contributed by atoms with Gasteiger partial charge in [-0.15, -0.1) is 0 Å². The molecule has 1 aliphatic carbocycles. The molecule has 2 nitrogen and oxygen atoms in total. The van der Waals surface area contributed by atoms with Crippen LogP contribution in [-0.4, -0.2) is 10.7 Å². The Bertz CT molecular complexity index is 2220. The second-order valence-electron chi connectivity index (χ2n) is 16.6. The van der Waals surface area contributed by atoms with Crippen LogP contribution in [0.3, 0.4) is 0 Å². The highest BCUT2D eigenvalue weighted by Crippen LogP contribution is 2.48. The first-order valence-corrected chi connectivity index (χ1v) is 18.2. The van der Waals surface area contributed by atoms with Gasteiger partial charge in [0.25, 0.3) is 0 Å². The van der Waals surface area contributed by atoms with E-state index in [2.05, 4.69) is 179 Å². The minimum absolute atomic E-state index is 0.00786. The molecule has 4 heteroatoms. The molecular formula is C43H44Br2N2. The van der Waals surface area contributed by atoms with E-state index in [1.807, 2.05) is 0 Å². The Morgan fingerprint density at radius 3 is 1.91 bits per heavy atom. The van der Waals surface area contributed by atoms with Gasteiger partial charge in [0.15, 0.2) is 0 Å². The van der Waals surface area contributed by atoms with Crippen molar-refractivity contribution in [1.82, 2.24) is 4.98 Å². The highest BCUT2D eigenvalue weighted by molar-refractivity contribution is 9.11. The van der Waals surface area contributed by atoms with Gasteiger partial charge in [-0.2, -0.15) is 0 Å². The molecule has 0 radical (unpaired) electrons. The first kappa shape index (κ1) is 32.3. The molecule has 47 heavy (non-hydrogen) atoms. The van der Waals surface area contributed by atoms with Gasteiger partial charge in [-0.05, 0) is 105 Å². The molecule has 4 aromatic carbocycles. The topological polar surface area (TPSA) is 28.1 Å². The number of nitrogens with one attached hydrogen (secondary N) is 1. The van der Waals surface area contributed by atoms with Crippen LogP contribution in [0, 0.1) is 0 Å². The third-order valence-electron chi connectivity index (χ3n) is 9.92. The van der Waals surface area contributed by atoms with E-state index in [-0.39, 0.29) is 22.2 Å². The van der Waals surface area contributed by atoms with E-state index in [1.165, 1.54) is 60.8 Å². The molecule has 2 heterocycles. The highest BCUT2D eigenvalue weighted by Gasteiger charge is 2.33. The largest absolute Gasteiger partial charge is 0.354 e. The van der Waals surface area contributed by atoms with Crippen molar-refractivity contribution in [3.05, 3.63) is 115 Å². The van der Waals surface area contributed by atoms with Crippen molar-refractivity contribution in [1.29, 1.82) is 0 Å². The third kappa shape index (κ3) is 5.60. The number of benzene rings is 4. The predicted molar refractivity (Wildman–Crippen MR) is 211 cm³/mol. The zero-order chi connectivity index (χ0) is 33.8. The Hall–Kier alpha value is -3.21. The molecule has 240 valence electrons. The van der Waals surface area contributed by atoms with Crippen molar-refractivity contribution in [2.45, 2.75) is 91.4 Å². The fourth-order valence-corrected chi connectivity index (χ4v) is 8.13. The van der Waals surface area contributed by atoms with Crippen molar-refractivity contribution in [2.24, 2.45) is 4.99 Å². The number of nitrogens with zero attached hydrogens (tertiary/aromatic N) is 1. The van der Waals surface area contributed by atoms with Crippen LogP contribution in [0.5, 0.6) is 0 Å². The summed E-state index contributed by atoms with van der Waals surface area (Å²) in [7, 11) is 0. The molecule has 5 aromatic rings. The number of fused-ring (bicyclic) bond motifs is 6. The number of H-pyrrole nitrogens is 1. The molecule has 7 rings (SSSR count). The Morgan fingerprint density at radius 1 is 0.638 bits per heavy atom. The van der Waals surface area contributed by atoms with E-state index >= 15 is 0 Å². The second kappa shape index (κ2) is 10.9. The lowest BCUT2D eigenvalue weighted by molar-refractivity contribution is 0.589. The van der Waals surface area contributed by atoms with Gasteiger partial charge in [0.05, 0.1) is 16.9 Å². The Labute approximate surface area is 296 Å². The van der Waals surface area contributed by atoms with E-state index in [0.29, 0.717) is 0 Å². The Morgan fingerprint density at radius 2 is 1.23 bits per heavy atom. The number of aromatic nitrogens is 1. The van der Waals surface area contributed by atoms with Gasteiger partial charge >= 0.3 is 0 Å². The molecule has 0 bridgehead atoms. The second-order valence-corrected chi connectivity index (χ2v) is 18.3. The van der Waals surface area contributed by atoms with Crippen molar-refractivity contribution in [3.8, 4) is 11.1 Å². The van der Waals surface area contributed by atoms with Gasteiger partial charge in [-0.1, -0.05) is 124 Å². The van der Waals surface area contributed by atoms with Crippen LogP contribution in [0.25, 0.3) is 38.5 Å².